The largest absolute Gasteiger partial charge is 0.545 e. The van der Waals surface area contributed by atoms with Gasteiger partial charge in [0.2, 0.25) is 5.91 Å². The Kier molecular flexibility index (Phi) is 6.16. The molecular formula is C21H22N3O4-. The van der Waals surface area contributed by atoms with Gasteiger partial charge in [0.1, 0.15) is 5.75 Å². The summed E-state index contributed by atoms with van der Waals surface area (Å²) < 4.78 is 5.20. The molecule has 7 heteroatoms. The summed E-state index contributed by atoms with van der Waals surface area (Å²) in [6, 6.07) is 15.6. The number of nitrogens with zero attached hydrogens (tertiary/aromatic N) is 2. The minimum Gasteiger partial charge on any atom is -0.545 e. The van der Waals surface area contributed by atoms with Crippen LogP contribution in [0.4, 0.5) is 17.1 Å². The van der Waals surface area contributed by atoms with Crippen LogP contribution < -0.4 is 25.0 Å². The smallest absolute Gasteiger partial charge is 0.248 e. The van der Waals surface area contributed by atoms with Crippen LogP contribution in [0.15, 0.2) is 60.7 Å². The molecule has 2 aromatic rings. The number of rotatable bonds is 6. The minimum absolute atomic E-state index is 0.509. The van der Waals surface area contributed by atoms with Crippen molar-refractivity contribution in [1.29, 1.82) is 0 Å². The van der Waals surface area contributed by atoms with Crippen LogP contribution in [-0.2, 0) is 9.59 Å². The zero-order valence-electron chi connectivity index (χ0n) is 15.6. The lowest BCUT2D eigenvalue weighted by molar-refractivity contribution is -0.297. The van der Waals surface area contributed by atoms with Gasteiger partial charge in [-0.3, -0.25) is 4.79 Å². The number of benzene rings is 2. The predicted octanol–water partition coefficient (Wildman–Crippen LogP) is 1.27. The van der Waals surface area contributed by atoms with E-state index in [0.29, 0.717) is 11.8 Å². The standard InChI is InChI=1S/C21H23N3O4/c1-28-19-8-6-18(7-9-19)24-14-12-23(13-15-24)17-4-2-16(3-5-17)22-20(25)10-11-21(26)27/h2-11H,12-15H2,1H3,(H,22,25)(H,26,27)/p-1/b11-10-. The Hall–Kier alpha value is -3.48. The van der Waals surface area contributed by atoms with E-state index in [1.807, 2.05) is 24.3 Å². The highest BCUT2D eigenvalue weighted by atomic mass is 16.5. The average molecular weight is 380 g/mol. The molecule has 1 aliphatic rings. The van der Waals surface area contributed by atoms with Crippen molar-refractivity contribution in [2.75, 3.05) is 48.4 Å². The van der Waals surface area contributed by atoms with E-state index in [1.54, 1.807) is 19.2 Å². The van der Waals surface area contributed by atoms with Gasteiger partial charge in [-0.15, -0.1) is 0 Å². The van der Waals surface area contributed by atoms with Gasteiger partial charge >= 0.3 is 0 Å². The Morgan fingerprint density at radius 2 is 1.39 bits per heavy atom. The SMILES string of the molecule is COc1ccc(N2CCN(c3ccc(NC(=O)/C=C\C(=O)[O-])cc3)CC2)cc1. The summed E-state index contributed by atoms with van der Waals surface area (Å²) in [5, 5.41) is 12.9. The van der Waals surface area contributed by atoms with Gasteiger partial charge in [-0.25, -0.2) is 0 Å². The summed E-state index contributed by atoms with van der Waals surface area (Å²) in [5.41, 5.74) is 2.87. The van der Waals surface area contributed by atoms with Crippen molar-refractivity contribution < 1.29 is 19.4 Å². The van der Waals surface area contributed by atoms with Crippen molar-refractivity contribution in [3.8, 4) is 5.75 Å². The number of nitrogens with one attached hydrogen (secondary N) is 1. The molecule has 0 atom stereocenters. The van der Waals surface area contributed by atoms with Crippen LogP contribution in [0.25, 0.3) is 0 Å². The third-order valence-corrected chi connectivity index (χ3v) is 4.59. The second-order valence-corrected chi connectivity index (χ2v) is 6.36. The van der Waals surface area contributed by atoms with Crippen LogP contribution in [0.1, 0.15) is 0 Å². The highest BCUT2D eigenvalue weighted by molar-refractivity contribution is 6.02. The van der Waals surface area contributed by atoms with Crippen LogP contribution in [0.5, 0.6) is 5.75 Å². The molecule has 0 unspecified atom stereocenters. The zero-order chi connectivity index (χ0) is 19.9. The summed E-state index contributed by atoms with van der Waals surface area (Å²) in [4.78, 5) is 26.6. The van der Waals surface area contributed by atoms with Gasteiger partial charge in [0.05, 0.1) is 13.1 Å². The van der Waals surface area contributed by atoms with Gasteiger partial charge in [-0.1, -0.05) is 0 Å². The number of carbonyl (C=O) groups is 2. The number of amides is 1. The fraction of sp³-hybridized carbons (Fsp3) is 0.238. The first-order chi connectivity index (χ1) is 13.5. The Bertz CT molecular complexity index is 839. The number of anilines is 3. The molecular weight excluding hydrogens is 358 g/mol. The number of aliphatic carboxylic acids is 1. The summed E-state index contributed by atoms with van der Waals surface area (Å²) in [6.45, 7) is 3.62. The maximum atomic E-state index is 11.6. The van der Waals surface area contributed by atoms with E-state index in [1.165, 1.54) is 5.69 Å². The summed E-state index contributed by atoms with van der Waals surface area (Å²) in [7, 11) is 1.66. The van der Waals surface area contributed by atoms with E-state index in [0.717, 1.165) is 43.7 Å². The molecule has 1 amide bonds. The maximum absolute atomic E-state index is 11.6. The van der Waals surface area contributed by atoms with E-state index >= 15 is 0 Å². The highest BCUT2D eigenvalue weighted by Crippen LogP contribution is 2.23. The lowest BCUT2D eigenvalue weighted by Gasteiger charge is -2.37. The summed E-state index contributed by atoms with van der Waals surface area (Å²) in [6.07, 6.45) is 1.63. The summed E-state index contributed by atoms with van der Waals surface area (Å²) in [5.74, 6) is -1.06. The van der Waals surface area contributed by atoms with E-state index < -0.39 is 11.9 Å². The number of piperazine rings is 1. The molecule has 1 heterocycles. The van der Waals surface area contributed by atoms with E-state index in [4.69, 9.17) is 4.74 Å². The average Bonchev–Trinajstić information content (AvgIpc) is 2.73. The van der Waals surface area contributed by atoms with Crippen LogP contribution in [0.3, 0.4) is 0 Å². The third-order valence-electron chi connectivity index (χ3n) is 4.59. The molecule has 0 saturated carbocycles. The van der Waals surface area contributed by atoms with Gasteiger partial charge in [-0.05, 0) is 54.6 Å². The number of carboxylic acids is 1. The fourth-order valence-electron chi connectivity index (χ4n) is 3.10. The minimum atomic E-state index is -1.40. The lowest BCUT2D eigenvalue weighted by atomic mass is 10.2. The molecule has 0 aromatic heterocycles. The molecule has 0 spiro atoms. The molecule has 3 rings (SSSR count). The van der Waals surface area contributed by atoms with Crippen molar-refractivity contribution in [3.05, 3.63) is 60.7 Å². The zero-order valence-corrected chi connectivity index (χ0v) is 15.6. The number of carboxylic acid groups (broad SMARTS) is 1. The predicted molar refractivity (Wildman–Crippen MR) is 107 cm³/mol. The number of methoxy groups -OCH3 is 1. The molecule has 1 aliphatic heterocycles. The fourth-order valence-corrected chi connectivity index (χ4v) is 3.10. The number of ether oxygens (including phenoxy) is 1. The Balaban J connectivity index is 1.54. The van der Waals surface area contributed by atoms with E-state index in [-0.39, 0.29) is 0 Å². The molecule has 1 saturated heterocycles. The van der Waals surface area contributed by atoms with Crippen LogP contribution in [0.2, 0.25) is 0 Å². The number of hydrogen-bond acceptors (Lipinski definition) is 6. The number of carbonyl (C=O) groups excluding carboxylic acids is 2. The Morgan fingerprint density at radius 1 is 0.893 bits per heavy atom. The van der Waals surface area contributed by atoms with Crippen molar-refractivity contribution in [3.63, 3.8) is 0 Å². The van der Waals surface area contributed by atoms with Crippen LogP contribution in [-0.4, -0.2) is 45.2 Å². The first kappa shape index (κ1) is 19.3. The van der Waals surface area contributed by atoms with Gasteiger partial charge < -0.3 is 29.8 Å². The van der Waals surface area contributed by atoms with Gasteiger partial charge in [-0.2, -0.15) is 0 Å². The third kappa shape index (κ3) is 5.03. The molecule has 0 aliphatic carbocycles. The van der Waals surface area contributed by atoms with Crippen molar-refractivity contribution in [2.45, 2.75) is 0 Å². The Labute approximate surface area is 163 Å². The molecule has 0 radical (unpaired) electrons. The molecule has 1 N–H and O–H groups in total. The topological polar surface area (TPSA) is 84.9 Å². The quantitative estimate of drug-likeness (QED) is 0.760. The molecule has 146 valence electrons. The number of hydrogen-bond donors (Lipinski definition) is 1. The van der Waals surface area contributed by atoms with Gasteiger partial charge in [0.15, 0.2) is 0 Å². The van der Waals surface area contributed by atoms with E-state index in [2.05, 4.69) is 27.2 Å². The molecule has 1 fully saturated rings. The van der Waals surface area contributed by atoms with Crippen LogP contribution >= 0.6 is 0 Å². The van der Waals surface area contributed by atoms with Gasteiger partial charge in [0, 0.05) is 49.3 Å². The van der Waals surface area contributed by atoms with Gasteiger partial charge in [0.25, 0.3) is 0 Å². The summed E-state index contributed by atoms with van der Waals surface area (Å²) >= 11 is 0. The maximum Gasteiger partial charge on any atom is 0.248 e. The second-order valence-electron chi connectivity index (χ2n) is 6.36. The normalized spacial score (nSPS) is 14.2. The monoisotopic (exact) mass is 380 g/mol. The first-order valence-electron chi connectivity index (χ1n) is 8.99. The van der Waals surface area contributed by atoms with Crippen molar-refractivity contribution >= 4 is 28.9 Å². The first-order valence-corrected chi connectivity index (χ1v) is 8.99. The van der Waals surface area contributed by atoms with Crippen LogP contribution in [0, 0.1) is 0 Å². The lowest BCUT2D eigenvalue weighted by Crippen LogP contribution is -2.46. The molecule has 28 heavy (non-hydrogen) atoms. The second kappa shape index (κ2) is 8.94. The van der Waals surface area contributed by atoms with Crippen molar-refractivity contribution in [2.24, 2.45) is 0 Å². The molecule has 0 bridgehead atoms. The highest BCUT2D eigenvalue weighted by Gasteiger charge is 2.17. The van der Waals surface area contributed by atoms with E-state index in [9.17, 15) is 14.7 Å². The molecule has 2 aromatic carbocycles. The van der Waals surface area contributed by atoms with Crippen molar-refractivity contribution in [1.82, 2.24) is 0 Å². The molecule has 7 nitrogen and oxygen atoms in total. The Morgan fingerprint density at radius 3 is 1.86 bits per heavy atom.